The van der Waals surface area contributed by atoms with E-state index in [9.17, 15) is 4.79 Å². The zero-order valence-corrected chi connectivity index (χ0v) is 11.4. The molecule has 0 aromatic rings. The van der Waals surface area contributed by atoms with Gasteiger partial charge in [0.1, 0.15) is 6.10 Å². The zero-order chi connectivity index (χ0) is 12.8. The normalized spacial score (nSPS) is 29.8. The van der Waals surface area contributed by atoms with Crippen LogP contribution in [0.3, 0.4) is 0 Å². The predicted molar refractivity (Wildman–Crippen MR) is 73.2 cm³/mol. The highest BCUT2D eigenvalue weighted by Gasteiger charge is 2.27. The van der Waals surface area contributed by atoms with E-state index in [-0.39, 0.29) is 18.0 Å². The first kappa shape index (κ1) is 13.6. The second-order valence-electron chi connectivity index (χ2n) is 5.94. The molecule has 2 fully saturated rings. The molecule has 18 heavy (non-hydrogen) atoms. The number of esters is 1. The van der Waals surface area contributed by atoms with Crippen LogP contribution in [0.1, 0.15) is 64.2 Å². The van der Waals surface area contributed by atoms with Crippen LogP contribution in [0.4, 0.5) is 0 Å². The highest BCUT2D eigenvalue weighted by molar-refractivity contribution is 5.72. The van der Waals surface area contributed by atoms with Gasteiger partial charge in [-0.05, 0) is 50.9 Å². The molecule has 2 nitrogen and oxygen atoms in total. The summed E-state index contributed by atoms with van der Waals surface area (Å²) in [6.07, 6.45) is 13.6. The standard InChI is InChI=1S/C16H26O2/c1-2-6-13-9-11-15(12-10-13)18-16(17)14-7-4-3-5-8-14/h2,13-15H,1,3-12H2. The molecule has 2 heteroatoms. The first-order chi connectivity index (χ1) is 8.79. The minimum atomic E-state index is 0.0851. The summed E-state index contributed by atoms with van der Waals surface area (Å²) in [6.45, 7) is 3.80. The summed E-state index contributed by atoms with van der Waals surface area (Å²) in [5.74, 6) is 1.05. The van der Waals surface area contributed by atoms with Crippen molar-refractivity contribution in [1.29, 1.82) is 0 Å². The Morgan fingerprint density at radius 2 is 1.72 bits per heavy atom. The minimum Gasteiger partial charge on any atom is -0.462 e. The average Bonchev–Trinajstić information content (AvgIpc) is 2.42. The third-order valence-corrected chi connectivity index (χ3v) is 4.52. The fourth-order valence-electron chi connectivity index (χ4n) is 3.32. The van der Waals surface area contributed by atoms with Gasteiger partial charge in [-0.1, -0.05) is 25.3 Å². The van der Waals surface area contributed by atoms with Crippen molar-refractivity contribution in [2.45, 2.75) is 70.3 Å². The van der Waals surface area contributed by atoms with Crippen molar-refractivity contribution in [2.75, 3.05) is 0 Å². The maximum absolute atomic E-state index is 12.0. The molecule has 2 rings (SSSR count). The summed E-state index contributed by atoms with van der Waals surface area (Å²) in [4.78, 5) is 12.0. The lowest BCUT2D eigenvalue weighted by Gasteiger charge is -2.29. The fraction of sp³-hybridized carbons (Fsp3) is 0.812. The zero-order valence-electron chi connectivity index (χ0n) is 11.4. The van der Waals surface area contributed by atoms with Gasteiger partial charge in [0.05, 0.1) is 5.92 Å². The maximum atomic E-state index is 12.0. The molecule has 0 aromatic carbocycles. The van der Waals surface area contributed by atoms with Crippen LogP contribution >= 0.6 is 0 Å². The van der Waals surface area contributed by atoms with Crippen molar-refractivity contribution in [3.05, 3.63) is 12.7 Å². The van der Waals surface area contributed by atoms with Gasteiger partial charge < -0.3 is 4.74 Å². The lowest BCUT2D eigenvalue weighted by atomic mass is 9.85. The van der Waals surface area contributed by atoms with E-state index < -0.39 is 0 Å². The van der Waals surface area contributed by atoms with Crippen molar-refractivity contribution < 1.29 is 9.53 Å². The fourth-order valence-corrected chi connectivity index (χ4v) is 3.32. The van der Waals surface area contributed by atoms with Gasteiger partial charge in [-0.3, -0.25) is 4.79 Å². The molecule has 2 saturated carbocycles. The monoisotopic (exact) mass is 250 g/mol. The Morgan fingerprint density at radius 3 is 2.33 bits per heavy atom. The van der Waals surface area contributed by atoms with Gasteiger partial charge in [-0.2, -0.15) is 0 Å². The molecule has 0 aliphatic heterocycles. The third kappa shape index (κ3) is 3.86. The first-order valence-corrected chi connectivity index (χ1v) is 7.61. The Labute approximate surface area is 111 Å². The molecule has 0 spiro atoms. The molecule has 0 heterocycles. The van der Waals surface area contributed by atoms with Crippen LogP contribution in [0.5, 0.6) is 0 Å². The molecule has 0 bridgehead atoms. The van der Waals surface area contributed by atoms with E-state index in [1.165, 1.54) is 32.1 Å². The number of ether oxygens (including phenoxy) is 1. The second kappa shape index (κ2) is 6.96. The molecule has 102 valence electrons. The second-order valence-corrected chi connectivity index (χ2v) is 5.94. The van der Waals surface area contributed by atoms with Crippen LogP contribution in [0.2, 0.25) is 0 Å². The van der Waals surface area contributed by atoms with Crippen LogP contribution < -0.4 is 0 Å². The van der Waals surface area contributed by atoms with Crippen molar-refractivity contribution in [1.82, 2.24) is 0 Å². The average molecular weight is 250 g/mol. The summed E-state index contributed by atoms with van der Waals surface area (Å²) in [6, 6.07) is 0. The summed E-state index contributed by atoms with van der Waals surface area (Å²) in [5, 5.41) is 0. The molecule has 0 amide bonds. The molecule has 0 N–H and O–H groups in total. The van der Waals surface area contributed by atoms with Gasteiger partial charge >= 0.3 is 5.97 Å². The van der Waals surface area contributed by atoms with E-state index in [0.717, 1.165) is 38.0 Å². The molecule has 2 aliphatic rings. The molecule has 0 atom stereocenters. The van der Waals surface area contributed by atoms with Crippen molar-refractivity contribution in [2.24, 2.45) is 11.8 Å². The quantitative estimate of drug-likeness (QED) is 0.551. The molecular formula is C16H26O2. The summed E-state index contributed by atoms with van der Waals surface area (Å²) >= 11 is 0. The molecule has 0 aromatic heterocycles. The highest BCUT2D eigenvalue weighted by Crippen LogP contribution is 2.31. The predicted octanol–water partition coefficient (Wildman–Crippen LogP) is 4.24. The van der Waals surface area contributed by atoms with Crippen molar-refractivity contribution >= 4 is 5.97 Å². The molecule has 0 unspecified atom stereocenters. The lowest BCUT2D eigenvalue weighted by molar-refractivity contribution is -0.157. The van der Waals surface area contributed by atoms with Crippen LogP contribution in [0, 0.1) is 11.8 Å². The lowest BCUT2D eigenvalue weighted by Crippen LogP contribution is -2.28. The number of hydrogen-bond donors (Lipinski definition) is 0. The van der Waals surface area contributed by atoms with Gasteiger partial charge in [0.2, 0.25) is 0 Å². The number of allylic oxidation sites excluding steroid dienone is 1. The van der Waals surface area contributed by atoms with Crippen LogP contribution in [-0.2, 0) is 9.53 Å². The molecular weight excluding hydrogens is 224 g/mol. The SMILES string of the molecule is C=CCC1CCC(OC(=O)C2CCCCC2)CC1. The van der Waals surface area contributed by atoms with E-state index in [1.807, 2.05) is 6.08 Å². The highest BCUT2D eigenvalue weighted by atomic mass is 16.5. The third-order valence-electron chi connectivity index (χ3n) is 4.52. The van der Waals surface area contributed by atoms with Crippen LogP contribution in [0.15, 0.2) is 12.7 Å². The van der Waals surface area contributed by atoms with E-state index in [1.54, 1.807) is 0 Å². The Morgan fingerprint density at radius 1 is 1.06 bits per heavy atom. The Kier molecular flexibility index (Phi) is 5.27. The minimum absolute atomic E-state index is 0.0851. The number of rotatable bonds is 4. The van der Waals surface area contributed by atoms with Crippen molar-refractivity contribution in [3.63, 3.8) is 0 Å². The van der Waals surface area contributed by atoms with E-state index >= 15 is 0 Å². The topological polar surface area (TPSA) is 26.3 Å². The number of carbonyl (C=O) groups is 1. The van der Waals surface area contributed by atoms with E-state index in [2.05, 4.69) is 6.58 Å². The maximum Gasteiger partial charge on any atom is 0.309 e. The van der Waals surface area contributed by atoms with Gasteiger partial charge in [-0.25, -0.2) is 0 Å². The Balaban J connectivity index is 1.70. The Hall–Kier alpha value is -0.790. The van der Waals surface area contributed by atoms with Gasteiger partial charge in [0.15, 0.2) is 0 Å². The van der Waals surface area contributed by atoms with Crippen LogP contribution in [0.25, 0.3) is 0 Å². The first-order valence-electron chi connectivity index (χ1n) is 7.61. The number of hydrogen-bond acceptors (Lipinski definition) is 2. The van der Waals surface area contributed by atoms with Crippen LogP contribution in [-0.4, -0.2) is 12.1 Å². The van der Waals surface area contributed by atoms with E-state index in [0.29, 0.717) is 0 Å². The van der Waals surface area contributed by atoms with Crippen molar-refractivity contribution in [3.8, 4) is 0 Å². The summed E-state index contributed by atoms with van der Waals surface area (Å²) in [5.41, 5.74) is 0. The van der Waals surface area contributed by atoms with Gasteiger partial charge in [0.25, 0.3) is 0 Å². The molecule has 0 saturated heterocycles. The number of carbonyl (C=O) groups excluding carboxylic acids is 1. The summed E-state index contributed by atoms with van der Waals surface area (Å²) < 4.78 is 5.69. The van der Waals surface area contributed by atoms with E-state index in [4.69, 9.17) is 4.74 Å². The Bertz CT molecular complexity index is 271. The molecule has 2 aliphatic carbocycles. The molecule has 0 radical (unpaired) electrons. The van der Waals surface area contributed by atoms with Gasteiger partial charge in [-0.15, -0.1) is 6.58 Å². The summed E-state index contributed by atoms with van der Waals surface area (Å²) in [7, 11) is 0. The van der Waals surface area contributed by atoms with Gasteiger partial charge in [0, 0.05) is 0 Å². The smallest absolute Gasteiger partial charge is 0.309 e. The largest absolute Gasteiger partial charge is 0.462 e.